The van der Waals surface area contributed by atoms with Crippen molar-refractivity contribution >= 4 is 49.6 Å². The lowest BCUT2D eigenvalue weighted by molar-refractivity contribution is 1.48. The molecule has 88 valence electrons. The average Bonchev–Trinajstić information content (AvgIpc) is 2.84. The van der Waals surface area contributed by atoms with Gasteiger partial charge in [-0.15, -0.1) is 11.3 Å². The molecule has 0 nitrogen and oxygen atoms in total. The van der Waals surface area contributed by atoms with E-state index in [1.807, 2.05) is 18.2 Å². The fourth-order valence-electron chi connectivity index (χ4n) is 1.73. The lowest BCUT2D eigenvalue weighted by Crippen LogP contribution is -1.85. The van der Waals surface area contributed by atoms with Crippen LogP contribution in [0.2, 0.25) is 0 Å². The van der Waals surface area contributed by atoms with Crippen LogP contribution >= 0.6 is 35.3 Å². The third-order valence-corrected chi connectivity index (χ3v) is 5.36. The maximum Gasteiger partial charge on any atom is 0.0926 e. The van der Waals surface area contributed by atoms with Crippen LogP contribution in [0.5, 0.6) is 0 Å². The van der Waals surface area contributed by atoms with Crippen LogP contribution in [-0.4, -0.2) is 4.20 Å². The molecular formula is C15H10S3. The quantitative estimate of drug-likeness (QED) is 0.459. The summed E-state index contributed by atoms with van der Waals surface area (Å²) in [6, 6.07) is 20.8. The van der Waals surface area contributed by atoms with Crippen LogP contribution in [0.3, 0.4) is 0 Å². The van der Waals surface area contributed by atoms with Crippen LogP contribution in [0, 0.1) is 0 Å². The Hall–Kier alpha value is -1.16. The number of thioether (sulfide) groups is 1. The van der Waals surface area contributed by atoms with E-state index in [2.05, 4.69) is 42.5 Å². The van der Waals surface area contributed by atoms with Gasteiger partial charge >= 0.3 is 0 Å². The second-order valence-corrected chi connectivity index (χ2v) is 6.69. The van der Waals surface area contributed by atoms with Gasteiger partial charge in [-0.25, -0.2) is 0 Å². The lowest BCUT2D eigenvalue weighted by Gasteiger charge is -2.00. The molecule has 0 fully saturated rings. The Morgan fingerprint density at radius 1 is 0.944 bits per heavy atom. The molecule has 0 radical (unpaired) electrons. The molecule has 0 amide bonds. The van der Waals surface area contributed by atoms with Crippen molar-refractivity contribution in [3.63, 3.8) is 0 Å². The lowest BCUT2D eigenvalue weighted by atomic mass is 10.2. The van der Waals surface area contributed by atoms with E-state index < -0.39 is 0 Å². The molecular weight excluding hydrogens is 276 g/mol. The predicted molar refractivity (Wildman–Crippen MR) is 85.8 cm³/mol. The molecule has 0 saturated heterocycles. The summed E-state index contributed by atoms with van der Waals surface area (Å²) in [7, 11) is 0. The summed E-state index contributed by atoms with van der Waals surface area (Å²) in [5, 5.41) is 1.27. The molecule has 1 heterocycles. The Kier molecular flexibility index (Phi) is 3.46. The molecule has 3 rings (SSSR count). The molecule has 1 aromatic heterocycles. The van der Waals surface area contributed by atoms with Crippen LogP contribution in [0.4, 0.5) is 0 Å². The first-order valence-electron chi connectivity index (χ1n) is 5.59. The maximum absolute atomic E-state index is 5.52. The van der Waals surface area contributed by atoms with E-state index in [1.165, 1.54) is 19.9 Å². The van der Waals surface area contributed by atoms with Gasteiger partial charge in [-0.3, -0.25) is 0 Å². The summed E-state index contributed by atoms with van der Waals surface area (Å²) < 4.78 is 2.24. The molecule has 3 aromatic rings. The summed E-state index contributed by atoms with van der Waals surface area (Å²) in [4.78, 5) is 2.38. The second kappa shape index (κ2) is 5.22. The normalized spacial score (nSPS) is 10.7. The van der Waals surface area contributed by atoms with Gasteiger partial charge in [-0.1, -0.05) is 60.4 Å². The largest absolute Gasteiger partial charge is 0.134 e. The van der Waals surface area contributed by atoms with Crippen molar-refractivity contribution in [1.29, 1.82) is 0 Å². The molecule has 0 spiro atoms. The first-order chi connectivity index (χ1) is 8.83. The average molecular weight is 286 g/mol. The van der Waals surface area contributed by atoms with Crippen molar-refractivity contribution in [3.05, 3.63) is 65.5 Å². The number of thiocarbonyl (C=S) groups is 1. The van der Waals surface area contributed by atoms with Gasteiger partial charge in [0.05, 0.1) is 9.07 Å². The Balaban J connectivity index is 1.88. The highest BCUT2D eigenvalue weighted by Gasteiger charge is 2.07. The van der Waals surface area contributed by atoms with Crippen molar-refractivity contribution in [2.24, 2.45) is 0 Å². The van der Waals surface area contributed by atoms with E-state index in [0.29, 0.717) is 0 Å². The number of rotatable bonds is 2. The van der Waals surface area contributed by atoms with Crippen molar-refractivity contribution < 1.29 is 0 Å². The smallest absolute Gasteiger partial charge is 0.0926 e. The van der Waals surface area contributed by atoms with Crippen LogP contribution in [0.25, 0.3) is 10.1 Å². The molecule has 0 unspecified atom stereocenters. The molecule has 3 heteroatoms. The number of hydrogen-bond acceptors (Lipinski definition) is 3. The highest BCUT2D eigenvalue weighted by atomic mass is 32.2. The summed E-state index contributed by atoms with van der Waals surface area (Å²) >= 11 is 8.93. The van der Waals surface area contributed by atoms with E-state index in [9.17, 15) is 0 Å². The van der Waals surface area contributed by atoms with Gasteiger partial charge < -0.3 is 0 Å². The number of thiophene rings is 1. The molecule has 0 N–H and O–H groups in total. The van der Waals surface area contributed by atoms with Gasteiger partial charge in [0.2, 0.25) is 0 Å². The van der Waals surface area contributed by atoms with Gasteiger partial charge in [0.1, 0.15) is 0 Å². The fraction of sp³-hybridized carbons (Fsp3) is 0. The standard InChI is InChI=1S/C15H10S3/c16-15(17-12-7-2-1-3-8-12)14-10-11-6-4-5-9-13(11)18-14/h1-10H. The fourth-order valence-corrected chi connectivity index (χ4v) is 4.02. The van der Waals surface area contributed by atoms with Crippen LogP contribution in [0.1, 0.15) is 4.88 Å². The molecule has 0 bridgehead atoms. The molecule has 0 aliphatic heterocycles. The number of fused-ring (bicyclic) bond motifs is 1. The summed E-state index contributed by atoms with van der Waals surface area (Å²) in [5.41, 5.74) is 0. The Labute approximate surface area is 120 Å². The molecule has 0 aliphatic carbocycles. The van der Waals surface area contributed by atoms with Crippen molar-refractivity contribution in [3.8, 4) is 0 Å². The molecule has 0 saturated carbocycles. The van der Waals surface area contributed by atoms with E-state index in [-0.39, 0.29) is 0 Å². The Morgan fingerprint density at radius 2 is 1.67 bits per heavy atom. The van der Waals surface area contributed by atoms with Crippen LogP contribution in [0.15, 0.2) is 65.6 Å². The van der Waals surface area contributed by atoms with Crippen LogP contribution in [-0.2, 0) is 0 Å². The Morgan fingerprint density at radius 3 is 2.44 bits per heavy atom. The minimum atomic E-state index is 0.947. The van der Waals surface area contributed by atoms with Crippen LogP contribution < -0.4 is 0 Å². The third-order valence-electron chi connectivity index (χ3n) is 2.58. The highest BCUT2D eigenvalue weighted by molar-refractivity contribution is 8.24. The van der Waals surface area contributed by atoms with Gasteiger partial charge in [-0.05, 0) is 29.7 Å². The minimum Gasteiger partial charge on any atom is -0.134 e. The van der Waals surface area contributed by atoms with E-state index in [0.717, 1.165) is 4.20 Å². The zero-order valence-electron chi connectivity index (χ0n) is 9.50. The minimum absolute atomic E-state index is 0.947. The monoisotopic (exact) mass is 286 g/mol. The zero-order valence-corrected chi connectivity index (χ0v) is 11.9. The first kappa shape index (κ1) is 11.9. The molecule has 2 aromatic carbocycles. The zero-order chi connectivity index (χ0) is 12.4. The maximum atomic E-state index is 5.52. The topological polar surface area (TPSA) is 0 Å². The molecule has 0 atom stereocenters. The van der Waals surface area contributed by atoms with Gasteiger partial charge in [0, 0.05) is 9.60 Å². The summed E-state index contributed by atoms with van der Waals surface area (Å²) in [5.74, 6) is 0. The van der Waals surface area contributed by atoms with Gasteiger partial charge in [0.15, 0.2) is 0 Å². The van der Waals surface area contributed by atoms with E-state index in [4.69, 9.17) is 12.2 Å². The second-order valence-electron chi connectivity index (χ2n) is 3.85. The third kappa shape index (κ3) is 2.48. The number of benzene rings is 2. The molecule has 18 heavy (non-hydrogen) atoms. The van der Waals surface area contributed by atoms with E-state index in [1.54, 1.807) is 23.1 Å². The van der Waals surface area contributed by atoms with Crippen molar-refractivity contribution in [2.45, 2.75) is 4.90 Å². The summed E-state index contributed by atoms with van der Waals surface area (Å²) in [6.07, 6.45) is 0. The Bertz CT molecular complexity index is 650. The summed E-state index contributed by atoms with van der Waals surface area (Å²) in [6.45, 7) is 0. The van der Waals surface area contributed by atoms with Gasteiger partial charge in [-0.2, -0.15) is 0 Å². The van der Waals surface area contributed by atoms with Crippen molar-refractivity contribution in [1.82, 2.24) is 0 Å². The van der Waals surface area contributed by atoms with E-state index >= 15 is 0 Å². The van der Waals surface area contributed by atoms with Gasteiger partial charge in [0.25, 0.3) is 0 Å². The highest BCUT2D eigenvalue weighted by Crippen LogP contribution is 2.31. The first-order valence-corrected chi connectivity index (χ1v) is 7.63. The predicted octanol–water partition coefficient (Wildman–Crippen LogP) is 5.37. The van der Waals surface area contributed by atoms with Crippen molar-refractivity contribution in [2.75, 3.05) is 0 Å². The SMILES string of the molecule is S=C(Sc1ccccc1)c1cc2ccccc2s1. The number of hydrogen-bond donors (Lipinski definition) is 0. The molecule has 0 aliphatic rings.